The van der Waals surface area contributed by atoms with Crippen molar-refractivity contribution in [3.05, 3.63) is 58.7 Å². The van der Waals surface area contributed by atoms with Gasteiger partial charge in [0.2, 0.25) is 0 Å². The second-order valence-electron chi connectivity index (χ2n) is 5.45. The molecule has 3 heteroatoms. The van der Waals surface area contributed by atoms with E-state index in [1.807, 2.05) is 6.07 Å². The quantitative estimate of drug-likeness (QED) is 0.938. The highest BCUT2D eigenvalue weighted by Crippen LogP contribution is 2.36. The Hall–Kier alpha value is -2.00. The molecule has 0 saturated heterocycles. The smallest absolute Gasteiger partial charge is 0.161 e. The lowest BCUT2D eigenvalue weighted by molar-refractivity contribution is 0.354. The second kappa shape index (κ2) is 5.78. The van der Waals surface area contributed by atoms with Crippen LogP contribution in [0.2, 0.25) is 0 Å². The fourth-order valence-electron chi connectivity index (χ4n) is 3.20. The summed E-state index contributed by atoms with van der Waals surface area (Å²) >= 11 is 0. The van der Waals surface area contributed by atoms with E-state index in [4.69, 9.17) is 9.47 Å². The van der Waals surface area contributed by atoms with Crippen molar-refractivity contribution in [3.63, 3.8) is 0 Å². The van der Waals surface area contributed by atoms with Crippen LogP contribution in [-0.4, -0.2) is 20.8 Å². The van der Waals surface area contributed by atoms with Crippen LogP contribution in [0.4, 0.5) is 0 Å². The first-order valence-corrected chi connectivity index (χ1v) is 7.25. The molecule has 1 N–H and O–H groups in total. The van der Waals surface area contributed by atoms with Crippen molar-refractivity contribution in [2.45, 2.75) is 19.4 Å². The van der Waals surface area contributed by atoms with E-state index < -0.39 is 0 Å². The zero-order valence-corrected chi connectivity index (χ0v) is 12.8. The van der Waals surface area contributed by atoms with E-state index in [0.29, 0.717) is 5.92 Å². The average molecular weight is 283 g/mol. The summed E-state index contributed by atoms with van der Waals surface area (Å²) in [5.41, 5.74) is 5.45. The summed E-state index contributed by atoms with van der Waals surface area (Å²) in [6.45, 7) is 4.09. The fraction of sp³-hybridized carbons (Fsp3) is 0.333. The molecule has 0 radical (unpaired) electrons. The van der Waals surface area contributed by atoms with Crippen molar-refractivity contribution in [2.75, 3.05) is 20.8 Å². The van der Waals surface area contributed by atoms with E-state index in [1.54, 1.807) is 14.2 Å². The van der Waals surface area contributed by atoms with Crippen LogP contribution in [0.3, 0.4) is 0 Å². The van der Waals surface area contributed by atoms with Crippen LogP contribution in [0.15, 0.2) is 36.4 Å². The SMILES string of the molecule is COc1ccc(C2CNCc3cccc(C)c32)cc1OC. The maximum absolute atomic E-state index is 5.44. The predicted molar refractivity (Wildman–Crippen MR) is 84.3 cm³/mol. The standard InChI is InChI=1S/C18H21NO2/c1-12-5-4-6-14-10-19-11-15(18(12)14)13-7-8-16(20-2)17(9-13)21-3/h4-9,15,19H,10-11H2,1-3H3. The lowest BCUT2D eigenvalue weighted by atomic mass is 9.83. The molecule has 0 fully saturated rings. The number of ether oxygens (including phenoxy) is 2. The van der Waals surface area contributed by atoms with E-state index in [1.165, 1.54) is 22.3 Å². The third-order valence-corrected chi connectivity index (χ3v) is 4.24. The molecule has 2 aromatic carbocycles. The summed E-state index contributed by atoms with van der Waals surface area (Å²) in [5, 5.41) is 3.51. The molecule has 3 nitrogen and oxygen atoms in total. The van der Waals surface area contributed by atoms with Gasteiger partial charge in [-0.3, -0.25) is 0 Å². The van der Waals surface area contributed by atoms with Gasteiger partial charge in [-0.25, -0.2) is 0 Å². The molecule has 110 valence electrons. The molecule has 1 atom stereocenters. The van der Waals surface area contributed by atoms with Gasteiger partial charge in [0.25, 0.3) is 0 Å². The van der Waals surface area contributed by atoms with Crippen LogP contribution in [0.1, 0.15) is 28.2 Å². The topological polar surface area (TPSA) is 30.5 Å². The molecule has 0 spiro atoms. The Labute approximate surface area is 125 Å². The van der Waals surface area contributed by atoms with Crippen LogP contribution in [0.25, 0.3) is 0 Å². The minimum atomic E-state index is 0.356. The monoisotopic (exact) mass is 283 g/mol. The fourth-order valence-corrected chi connectivity index (χ4v) is 3.20. The molecule has 0 bridgehead atoms. The van der Waals surface area contributed by atoms with Crippen LogP contribution >= 0.6 is 0 Å². The summed E-state index contributed by atoms with van der Waals surface area (Å²) in [4.78, 5) is 0. The van der Waals surface area contributed by atoms with E-state index in [9.17, 15) is 0 Å². The molecule has 21 heavy (non-hydrogen) atoms. The summed E-state index contributed by atoms with van der Waals surface area (Å²) in [6, 6.07) is 12.7. The van der Waals surface area contributed by atoms with Crippen molar-refractivity contribution in [1.29, 1.82) is 0 Å². The normalized spacial score (nSPS) is 17.2. The highest BCUT2D eigenvalue weighted by atomic mass is 16.5. The maximum Gasteiger partial charge on any atom is 0.161 e. The summed E-state index contributed by atoms with van der Waals surface area (Å²) in [5.74, 6) is 1.92. The number of aryl methyl sites for hydroxylation is 1. The lowest BCUT2D eigenvalue weighted by Gasteiger charge is -2.29. The minimum Gasteiger partial charge on any atom is -0.493 e. The molecule has 0 aromatic heterocycles. The van der Waals surface area contributed by atoms with Crippen LogP contribution < -0.4 is 14.8 Å². The van der Waals surface area contributed by atoms with Crippen molar-refractivity contribution in [3.8, 4) is 11.5 Å². The van der Waals surface area contributed by atoms with Crippen molar-refractivity contribution >= 4 is 0 Å². The van der Waals surface area contributed by atoms with Gasteiger partial charge >= 0.3 is 0 Å². The summed E-state index contributed by atoms with van der Waals surface area (Å²) in [7, 11) is 3.35. The van der Waals surface area contributed by atoms with Crippen LogP contribution in [0.5, 0.6) is 11.5 Å². The highest BCUT2D eigenvalue weighted by Gasteiger charge is 2.24. The summed E-state index contributed by atoms with van der Waals surface area (Å²) < 4.78 is 10.8. The Bertz CT molecular complexity index is 652. The molecule has 2 aromatic rings. The molecule has 3 rings (SSSR count). The van der Waals surface area contributed by atoms with Gasteiger partial charge in [0.15, 0.2) is 11.5 Å². The third-order valence-electron chi connectivity index (χ3n) is 4.24. The summed E-state index contributed by atoms with van der Waals surface area (Å²) in [6.07, 6.45) is 0. The lowest BCUT2D eigenvalue weighted by Crippen LogP contribution is -2.29. The molecule has 1 unspecified atom stereocenters. The first kappa shape index (κ1) is 14.0. The molecule has 1 aliphatic rings. The highest BCUT2D eigenvalue weighted by molar-refractivity contribution is 5.50. The van der Waals surface area contributed by atoms with Crippen molar-refractivity contribution in [2.24, 2.45) is 0 Å². The van der Waals surface area contributed by atoms with E-state index in [-0.39, 0.29) is 0 Å². The minimum absolute atomic E-state index is 0.356. The molecule has 1 heterocycles. The Morgan fingerprint density at radius 3 is 2.62 bits per heavy atom. The van der Waals surface area contributed by atoms with Gasteiger partial charge in [0.1, 0.15) is 0 Å². The van der Waals surface area contributed by atoms with Crippen LogP contribution in [-0.2, 0) is 6.54 Å². The molecular weight excluding hydrogens is 262 g/mol. The van der Waals surface area contributed by atoms with E-state index in [2.05, 4.69) is 42.6 Å². The number of nitrogens with one attached hydrogen (secondary N) is 1. The number of rotatable bonds is 3. The van der Waals surface area contributed by atoms with Gasteiger partial charge in [-0.1, -0.05) is 24.3 Å². The zero-order chi connectivity index (χ0) is 14.8. The van der Waals surface area contributed by atoms with Gasteiger partial charge in [-0.2, -0.15) is 0 Å². The zero-order valence-electron chi connectivity index (χ0n) is 12.8. The maximum atomic E-state index is 5.44. The molecule has 0 saturated carbocycles. The Balaban J connectivity index is 2.07. The number of hydrogen-bond donors (Lipinski definition) is 1. The predicted octanol–water partition coefficient (Wildman–Crippen LogP) is 3.25. The molecule has 0 aliphatic carbocycles. The first-order valence-electron chi connectivity index (χ1n) is 7.25. The largest absolute Gasteiger partial charge is 0.493 e. The van der Waals surface area contributed by atoms with E-state index in [0.717, 1.165) is 24.6 Å². The average Bonchev–Trinajstić information content (AvgIpc) is 2.54. The third kappa shape index (κ3) is 2.49. The van der Waals surface area contributed by atoms with E-state index >= 15 is 0 Å². The number of methoxy groups -OCH3 is 2. The first-order chi connectivity index (χ1) is 10.2. The van der Waals surface area contributed by atoms with Gasteiger partial charge < -0.3 is 14.8 Å². The Morgan fingerprint density at radius 2 is 1.86 bits per heavy atom. The Morgan fingerprint density at radius 1 is 1.05 bits per heavy atom. The molecular formula is C18H21NO2. The number of benzene rings is 2. The van der Waals surface area contributed by atoms with Gasteiger partial charge in [-0.15, -0.1) is 0 Å². The van der Waals surface area contributed by atoms with Crippen molar-refractivity contribution < 1.29 is 9.47 Å². The Kier molecular flexibility index (Phi) is 3.84. The number of fused-ring (bicyclic) bond motifs is 1. The molecule has 1 aliphatic heterocycles. The molecule has 0 amide bonds. The van der Waals surface area contributed by atoms with Gasteiger partial charge in [0, 0.05) is 19.0 Å². The van der Waals surface area contributed by atoms with Crippen LogP contribution in [0, 0.1) is 6.92 Å². The van der Waals surface area contributed by atoms with Gasteiger partial charge in [-0.05, 0) is 41.3 Å². The second-order valence-corrected chi connectivity index (χ2v) is 5.45. The van der Waals surface area contributed by atoms with Gasteiger partial charge in [0.05, 0.1) is 14.2 Å². The van der Waals surface area contributed by atoms with Crippen molar-refractivity contribution in [1.82, 2.24) is 5.32 Å². The number of hydrogen-bond acceptors (Lipinski definition) is 3.